The van der Waals surface area contributed by atoms with Gasteiger partial charge in [-0.25, -0.2) is 4.57 Å². The molecule has 0 aromatic heterocycles. The Morgan fingerprint density at radius 1 is 1.40 bits per heavy atom. The monoisotopic (exact) mass is 319 g/mol. The van der Waals surface area contributed by atoms with Gasteiger partial charge in [0, 0.05) is 5.02 Å². The zero-order valence-electron chi connectivity index (χ0n) is 10.5. The van der Waals surface area contributed by atoms with E-state index in [0.29, 0.717) is 23.4 Å². The number of halogens is 1. The highest BCUT2D eigenvalue weighted by Crippen LogP contribution is 2.43. The average Bonchev–Trinajstić information content (AvgIpc) is 2.34. The Kier molecular flexibility index (Phi) is 4.35. The van der Waals surface area contributed by atoms with E-state index in [2.05, 4.69) is 4.52 Å². The number of ketones is 1. The van der Waals surface area contributed by atoms with Crippen molar-refractivity contribution in [1.29, 1.82) is 0 Å². The smallest absolute Gasteiger partial charge is 0.315 e. The molecule has 1 aliphatic rings. The fourth-order valence-corrected chi connectivity index (χ4v) is 3.30. The molecule has 110 valence electrons. The van der Waals surface area contributed by atoms with Crippen molar-refractivity contribution in [2.24, 2.45) is 5.73 Å². The lowest BCUT2D eigenvalue weighted by Gasteiger charge is -2.36. The van der Waals surface area contributed by atoms with Crippen molar-refractivity contribution in [3.63, 3.8) is 0 Å². The van der Waals surface area contributed by atoms with Crippen molar-refractivity contribution in [1.82, 2.24) is 0 Å². The van der Waals surface area contributed by atoms with Gasteiger partial charge in [-0.05, 0) is 30.9 Å². The molecule has 20 heavy (non-hydrogen) atoms. The maximum absolute atomic E-state index is 12.4. The minimum absolute atomic E-state index is 0.230. The summed E-state index contributed by atoms with van der Waals surface area (Å²) in [6.45, 7) is 0. The number of benzene rings is 1. The quantitative estimate of drug-likeness (QED) is 0.732. The van der Waals surface area contributed by atoms with Crippen LogP contribution in [0.1, 0.15) is 24.8 Å². The van der Waals surface area contributed by atoms with Crippen molar-refractivity contribution in [3.05, 3.63) is 34.9 Å². The summed E-state index contributed by atoms with van der Waals surface area (Å²) in [6, 6.07) is 6.68. The maximum Gasteiger partial charge on any atom is 0.470 e. The van der Waals surface area contributed by atoms with Crippen LogP contribution in [0.2, 0.25) is 5.02 Å². The number of carbonyl (C=O) groups excluding carboxylic acids is 1. The van der Waals surface area contributed by atoms with Gasteiger partial charge in [0.2, 0.25) is 0 Å². The highest BCUT2D eigenvalue weighted by atomic mass is 35.5. The zero-order valence-corrected chi connectivity index (χ0v) is 12.2. The molecule has 1 fully saturated rings. The summed E-state index contributed by atoms with van der Waals surface area (Å²) in [6.07, 6.45) is -0.118. The highest BCUT2D eigenvalue weighted by Gasteiger charge is 2.46. The van der Waals surface area contributed by atoms with E-state index in [0.717, 1.165) is 0 Å². The Labute approximate surface area is 121 Å². The third-order valence-electron chi connectivity index (χ3n) is 3.39. The Balaban J connectivity index is 2.34. The van der Waals surface area contributed by atoms with E-state index in [-0.39, 0.29) is 6.42 Å². The maximum atomic E-state index is 12.4. The van der Waals surface area contributed by atoms with Crippen LogP contribution in [0.25, 0.3) is 0 Å². The molecule has 0 unspecified atom stereocenters. The van der Waals surface area contributed by atoms with Gasteiger partial charge in [0.15, 0.2) is 5.78 Å². The summed E-state index contributed by atoms with van der Waals surface area (Å²) in [5.41, 5.74) is 5.24. The van der Waals surface area contributed by atoms with E-state index in [4.69, 9.17) is 27.1 Å². The lowest BCUT2D eigenvalue weighted by Crippen LogP contribution is -2.53. The molecule has 1 aromatic rings. The Morgan fingerprint density at radius 2 is 2.05 bits per heavy atom. The predicted octanol–water partition coefficient (Wildman–Crippen LogP) is 1.72. The molecule has 0 amide bonds. The van der Waals surface area contributed by atoms with Crippen molar-refractivity contribution in [2.75, 3.05) is 0 Å². The Hall–Kier alpha value is -0.750. The molecule has 0 spiro atoms. The first-order valence-corrected chi connectivity index (χ1v) is 7.97. The van der Waals surface area contributed by atoms with E-state index >= 15 is 0 Å². The lowest BCUT2D eigenvalue weighted by atomic mass is 9.75. The Morgan fingerprint density at radius 3 is 2.65 bits per heavy atom. The van der Waals surface area contributed by atoms with Crippen LogP contribution in [-0.4, -0.2) is 21.7 Å². The SMILES string of the molecule is N[C@@]1(c2ccccc2Cl)CCC[C@@H](OP(=O)(O)O)C1=O. The molecule has 8 heteroatoms. The van der Waals surface area contributed by atoms with Gasteiger partial charge in [0.05, 0.1) is 0 Å². The Bertz CT molecular complexity index is 575. The molecular weight excluding hydrogens is 305 g/mol. The van der Waals surface area contributed by atoms with Crippen molar-refractivity contribution in [2.45, 2.75) is 30.9 Å². The van der Waals surface area contributed by atoms with Gasteiger partial charge >= 0.3 is 7.82 Å². The van der Waals surface area contributed by atoms with E-state index < -0.39 is 25.2 Å². The lowest BCUT2D eigenvalue weighted by molar-refractivity contribution is -0.135. The number of Topliss-reactive ketones (excluding diaryl/α,β-unsaturated/α-hetero) is 1. The third-order valence-corrected chi connectivity index (χ3v) is 4.25. The van der Waals surface area contributed by atoms with E-state index in [1.54, 1.807) is 24.3 Å². The minimum Gasteiger partial charge on any atom is -0.315 e. The summed E-state index contributed by atoms with van der Waals surface area (Å²) >= 11 is 6.07. The largest absolute Gasteiger partial charge is 0.470 e. The predicted molar refractivity (Wildman–Crippen MR) is 73.1 cm³/mol. The van der Waals surface area contributed by atoms with Crippen LogP contribution in [0.3, 0.4) is 0 Å². The summed E-state index contributed by atoms with van der Waals surface area (Å²) in [7, 11) is -4.74. The molecule has 4 N–H and O–H groups in total. The number of hydrogen-bond donors (Lipinski definition) is 3. The molecule has 1 aliphatic carbocycles. The molecule has 2 atom stereocenters. The van der Waals surface area contributed by atoms with Gasteiger partial charge in [-0.15, -0.1) is 0 Å². The first-order valence-electron chi connectivity index (χ1n) is 6.06. The number of phosphoric ester groups is 1. The second kappa shape index (κ2) is 5.56. The van der Waals surface area contributed by atoms with Crippen molar-refractivity contribution >= 4 is 25.2 Å². The van der Waals surface area contributed by atoms with Crippen LogP contribution in [0.4, 0.5) is 0 Å². The number of phosphoric acid groups is 1. The van der Waals surface area contributed by atoms with Crippen LogP contribution in [0, 0.1) is 0 Å². The van der Waals surface area contributed by atoms with Gasteiger partial charge < -0.3 is 15.5 Å². The van der Waals surface area contributed by atoms with Crippen LogP contribution >= 0.6 is 19.4 Å². The zero-order chi connectivity index (χ0) is 15.0. The van der Waals surface area contributed by atoms with Crippen LogP contribution < -0.4 is 5.73 Å². The third kappa shape index (κ3) is 3.11. The molecule has 0 aliphatic heterocycles. The molecule has 6 nitrogen and oxygen atoms in total. The van der Waals surface area contributed by atoms with Gasteiger partial charge in [-0.1, -0.05) is 29.8 Å². The fourth-order valence-electron chi connectivity index (χ4n) is 2.46. The summed E-state index contributed by atoms with van der Waals surface area (Å²) < 4.78 is 15.5. The van der Waals surface area contributed by atoms with Gasteiger partial charge in [-0.3, -0.25) is 9.32 Å². The van der Waals surface area contributed by atoms with Crippen molar-refractivity contribution in [3.8, 4) is 0 Å². The first kappa shape index (κ1) is 15.6. The average molecular weight is 320 g/mol. The van der Waals surface area contributed by atoms with E-state index in [9.17, 15) is 9.36 Å². The molecule has 0 saturated heterocycles. The summed E-state index contributed by atoms with van der Waals surface area (Å²) in [5.74, 6) is -0.555. The van der Waals surface area contributed by atoms with Crippen LogP contribution in [0.15, 0.2) is 24.3 Å². The molecule has 0 radical (unpaired) electrons. The second-order valence-corrected chi connectivity index (χ2v) is 6.39. The normalized spacial score (nSPS) is 27.6. The van der Waals surface area contributed by atoms with Gasteiger partial charge in [0.25, 0.3) is 0 Å². The highest BCUT2D eigenvalue weighted by molar-refractivity contribution is 7.46. The van der Waals surface area contributed by atoms with Crippen LogP contribution in [0.5, 0.6) is 0 Å². The molecular formula is C12H15ClNO5P. The number of rotatable bonds is 3. The van der Waals surface area contributed by atoms with E-state index in [1.807, 2.05) is 0 Å². The molecule has 0 bridgehead atoms. The molecule has 0 heterocycles. The van der Waals surface area contributed by atoms with Gasteiger partial charge in [-0.2, -0.15) is 0 Å². The summed E-state index contributed by atoms with van der Waals surface area (Å²) in [4.78, 5) is 30.1. The topological polar surface area (TPSA) is 110 Å². The standard InChI is InChI=1S/C12H15ClNO5P/c13-9-5-2-1-4-8(9)12(14)7-3-6-10(11(12)15)19-20(16,17)18/h1-2,4-5,10H,3,6-7,14H2,(H2,16,17,18)/t10-,12-/m1/s1. The summed E-state index contributed by atoms with van der Waals surface area (Å²) in [5, 5.41) is 0.347. The fraction of sp³-hybridized carbons (Fsp3) is 0.417. The number of hydrogen-bond acceptors (Lipinski definition) is 4. The van der Waals surface area contributed by atoms with Crippen molar-refractivity contribution < 1.29 is 23.7 Å². The molecule has 1 saturated carbocycles. The van der Waals surface area contributed by atoms with Gasteiger partial charge in [0.1, 0.15) is 11.6 Å². The first-order chi connectivity index (χ1) is 9.24. The van der Waals surface area contributed by atoms with Crippen LogP contribution in [-0.2, 0) is 19.4 Å². The molecule has 2 rings (SSSR count). The number of carbonyl (C=O) groups is 1. The minimum atomic E-state index is -4.74. The van der Waals surface area contributed by atoms with E-state index in [1.165, 1.54) is 0 Å². The molecule has 1 aromatic carbocycles. The second-order valence-electron chi connectivity index (χ2n) is 4.79. The number of nitrogens with two attached hydrogens (primary N) is 1.